The Morgan fingerprint density at radius 1 is 1.21 bits per heavy atom. The van der Waals surface area contributed by atoms with Gasteiger partial charge in [-0.1, -0.05) is 17.7 Å². The van der Waals surface area contributed by atoms with Crippen LogP contribution in [-0.4, -0.2) is 29.9 Å². The van der Waals surface area contributed by atoms with E-state index in [1.807, 2.05) is 12.1 Å². The van der Waals surface area contributed by atoms with Crippen molar-refractivity contribution in [3.63, 3.8) is 0 Å². The Morgan fingerprint density at radius 2 is 2.09 bits per heavy atom. The Labute approximate surface area is 194 Å². The fraction of sp³-hybridized carbons (Fsp3) is 0.292. The number of carbonyl (C=O) groups is 1. The first-order valence-electron chi connectivity index (χ1n) is 10.5. The van der Waals surface area contributed by atoms with Gasteiger partial charge in [-0.05, 0) is 37.1 Å². The van der Waals surface area contributed by atoms with Crippen molar-refractivity contribution < 1.29 is 28.1 Å². The highest BCUT2D eigenvalue weighted by Gasteiger charge is 2.32. The van der Waals surface area contributed by atoms with Gasteiger partial charge < -0.3 is 18.9 Å². The Bertz CT molecular complexity index is 1200. The average Bonchev–Trinajstić information content (AvgIpc) is 3.42. The zero-order chi connectivity index (χ0) is 22.9. The molecule has 0 spiro atoms. The summed E-state index contributed by atoms with van der Waals surface area (Å²) < 4.78 is 37.3. The molecule has 3 aromatic rings. The third-order valence-corrected chi connectivity index (χ3v) is 6.05. The number of carbonyl (C=O) groups excluding carboxylic acids is 1. The van der Waals surface area contributed by atoms with Crippen LogP contribution in [0.3, 0.4) is 0 Å². The standard InChI is InChI=1S/C24H20ClFN2O5/c1-30-23(29)10-13-12-31-20-11-14(2-3-15(13)20)32-19-6-4-16-18(7-5-17(26)24(16)19)33-22-9-8-21(25)27-28-22/h2-3,5,7-9,11,13,19H,4,6,10,12H2,1H3/t13-,19-/m1/s1. The second-order valence-corrected chi connectivity index (χ2v) is 8.25. The number of hydrogen-bond acceptors (Lipinski definition) is 7. The molecule has 0 saturated carbocycles. The Kier molecular flexibility index (Phi) is 5.76. The van der Waals surface area contributed by atoms with E-state index >= 15 is 0 Å². The molecule has 0 bridgehead atoms. The molecular weight excluding hydrogens is 451 g/mol. The number of halogens is 2. The predicted octanol–water partition coefficient (Wildman–Crippen LogP) is 5.17. The molecule has 2 aliphatic rings. The SMILES string of the molecule is COC(=O)C[C@@H]1COc2cc(O[C@@H]3CCc4c(Oc5ccc(Cl)nn5)ccc(F)c43)ccc21. The molecule has 0 radical (unpaired) electrons. The number of aromatic nitrogens is 2. The smallest absolute Gasteiger partial charge is 0.306 e. The van der Waals surface area contributed by atoms with Crippen LogP contribution < -0.4 is 14.2 Å². The van der Waals surface area contributed by atoms with Gasteiger partial charge in [0.25, 0.3) is 0 Å². The number of fused-ring (bicyclic) bond motifs is 2. The van der Waals surface area contributed by atoms with Gasteiger partial charge in [-0.15, -0.1) is 10.2 Å². The summed E-state index contributed by atoms with van der Waals surface area (Å²) in [5, 5.41) is 7.92. The predicted molar refractivity (Wildman–Crippen MR) is 117 cm³/mol. The van der Waals surface area contributed by atoms with Crippen LogP contribution >= 0.6 is 11.6 Å². The van der Waals surface area contributed by atoms with Crippen LogP contribution in [0.15, 0.2) is 42.5 Å². The zero-order valence-electron chi connectivity index (χ0n) is 17.7. The van der Waals surface area contributed by atoms with Crippen LogP contribution in [0.2, 0.25) is 5.15 Å². The molecule has 0 N–H and O–H groups in total. The molecule has 33 heavy (non-hydrogen) atoms. The van der Waals surface area contributed by atoms with E-state index in [0.717, 1.165) is 11.1 Å². The van der Waals surface area contributed by atoms with E-state index in [2.05, 4.69) is 10.2 Å². The van der Waals surface area contributed by atoms with Gasteiger partial charge in [-0.3, -0.25) is 4.79 Å². The lowest BCUT2D eigenvalue weighted by Crippen LogP contribution is -2.09. The van der Waals surface area contributed by atoms with Crippen molar-refractivity contribution in [3.8, 4) is 23.1 Å². The molecule has 0 fully saturated rings. The fourth-order valence-corrected chi connectivity index (χ4v) is 4.38. The van der Waals surface area contributed by atoms with Gasteiger partial charge in [0.15, 0.2) is 5.15 Å². The highest BCUT2D eigenvalue weighted by Crippen LogP contribution is 2.44. The number of nitrogens with zero attached hydrogens (tertiary/aromatic N) is 2. The van der Waals surface area contributed by atoms with Gasteiger partial charge in [0, 0.05) is 34.7 Å². The summed E-state index contributed by atoms with van der Waals surface area (Å²) in [6.07, 6.45) is 0.981. The Morgan fingerprint density at radius 3 is 2.88 bits per heavy atom. The number of methoxy groups -OCH3 is 1. The third-order valence-electron chi connectivity index (χ3n) is 5.85. The summed E-state index contributed by atoms with van der Waals surface area (Å²) >= 11 is 5.77. The first kappa shape index (κ1) is 21.5. The van der Waals surface area contributed by atoms with E-state index in [1.165, 1.54) is 13.2 Å². The molecule has 2 aromatic carbocycles. The average molecular weight is 471 g/mol. The van der Waals surface area contributed by atoms with Crippen LogP contribution in [0, 0.1) is 5.82 Å². The molecule has 7 nitrogen and oxygen atoms in total. The Hall–Kier alpha value is -3.39. The van der Waals surface area contributed by atoms with Gasteiger partial charge >= 0.3 is 5.97 Å². The van der Waals surface area contributed by atoms with Crippen molar-refractivity contribution in [2.24, 2.45) is 0 Å². The molecular formula is C24H20ClFN2O5. The van der Waals surface area contributed by atoms with Gasteiger partial charge in [0.2, 0.25) is 5.88 Å². The summed E-state index contributed by atoms with van der Waals surface area (Å²) in [7, 11) is 1.37. The van der Waals surface area contributed by atoms with Crippen molar-refractivity contribution in [1.82, 2.24) is 10.2 Å². The second kappa shape index (κ2) is 8.86. The maximum Gasteiger partial charge on any atom is 0.306 e. The molecule has 2 atom stereocenters. The normalized spacial score (nSPS) is 18.3. The third kappa shape index (κ3) is 4.30. The van der Waals surface area contributed by atoms with Crippen molar-refractivity contribution >= 4 is 17.6 Å². The highest BCUT2D eigenvalue weighted by atomic mass is 35.5. The summed E-state index contributed by atoms with van der Waals surface area (Å²) in [5.74, 6) is 1.34. The molecule has 9 heteroatoms. The quantitative estimate of drug-likeness (QED) is 0.460. The summed E-state index contributed by atoms with van der Waals surface area (Å²) in [5.41, 5.74) is 2.15. The maximum atomic E-state index is 14.8. The fourth-order valence-electron chi connectivity index (χ4n) is 4.27. The highest BCUT2D eigenvalue weighted by molar-refractivity contribution is 6.29. The molecule has 0 unspecified atom stereocenters. The topological polar surface area (TPSA) is 79.8 Å². The van der Waals surface area contributed by atoms with E-state index in [0.29, 0.717) is 42.3 Å². The summed E-state index contributed by atoms with van der Waals surface area (Å²) in [6, 6.07) is 11.6. The van der Waals surface area contributed by atoms with Crippen molar-refractivity contribution in [3.05, 3.63) is 70.1 Å². The lowest BCUT2D eigenvalue weighted by molar-refractivity contribution is -0.141. The molecule has 0 amide bonds. The van der Waals surface area contributed by atoms with E-state index in [1.54, 1.807) is 24.3 Å². The van der Waals surface area contributed by atoms with E-state index in [-0.39, 0.29) is 35.2 Å². The second-order valence-electron chi connectivity index (χ2n) is 7.87. The van der Waals surface area contributed by atoms with E-state index < -0.39 is 6.10 Å². The maximum absolute atomic E-state index is 14.8. The largest absolute Gasteiger partial charge is 0.492 e. The van der Waals surface area contributed by atoms with Crippen LogP contribution in [0.4, 0.5) is 4.39 Å². The van der Waals surface area contributed by atoms with Crippen LogP contribution in [-0.2, 0) is 16.0 Å². The molecule has 1 aliphatic carbocycles. The van der Waals surface area contributed by atoms with Gasteiger partial charge in [0.1, 0.15) is 29.2 Å². The number of ether oxygens (including phenoxy) is 4. The number of esters is 1. The molecule has 1 aromatic heterocycles. The van der Waals surface area contributed by atoms with Crippen LogP contribution in [0.5, 0.6) is 23.1 Å². The monoisotopic (exact) mass is 470 g/mol. The van der Waals surface area contributed by atoms with Crippen molar-refractivity contribution in [1.29, 1.82) is 0 Å². The number of benzene rings is 2. The molecule has 5 rings (SSSR count). The van der Waals surface area contributed by atoms with Crippen LogP contribution in [0.25, 0.3) is 0 Å². The minimum Gasteiger partial charge on any atom is -0.492 e. The molecule has 1 aliphatic heterocycles. The Balaban J connectivity index is 1.35. The molecule has 170 valence electrons. The minimum atomic E-state index is -0.467. The number of hydrogen-bond donors (Lipinski definition) is 0. The minimum absolute atomic E-state index is 0.0539. The lowest BCUT2D eigenvalue weighted by Gasteiger charge is -2.17. The zero-order valence-corrected chi connectivity index (χ0v) is 18.5. The van der Waals surface area contributed by atoms with Crippen molar-refractivity contribution in [2.75, 3.05) is 13.7 Å². The lowest BCUT2D eigenvalue weighted by atomic mass is 9.98. The first-order chi connectivity index (χ1) is 16.0. The number of rotatable bonds is 6. The van der Waals surface area contributed by atoms with Crippen molar-refractivity contribution in [2.45, 2.75) is 31.3 Å². The summed E-state index contributed by atoms with van der Waals surface area (Å²) in [4.78, 5) is 11.6. The van der Waals surface area contributed by atoms with E-state index in [9.17, 15) is 9.18 Å². The summed E-state index contributed by atoms with van der Waals surface area (Å²) in [6.45, 7) is 0.406. The first-order valence-corrected chi connectivity index (χ1v) is 10.9. The van der Waals surface area contributed by atoms with E-state index in [4.69, 9.17) is 30.5 Å². The van der Waals surface area contributed by atoms with Gasteiger partial charge in [0.05, 0.1) is 20.1 Å². The molecule has 0 saturated heterocycles. The van der Waals surface area contributed by atoms with Gasteiger partial charge in [-0.25, -0.2) is 4.39 Å². The van der Waals surface area contributed by atoms with Gasteiger partial charge in [-0.2, -0.15) is 0 Å². The van der Waals surface area contributed by atoms with Crippen LogP contribution in [0.1, 0.15) is 41.6 Å². The molecule has 2 heterocycles.